The summed E-state index contributed by atoms with van der Waals surface area (Å²) in [5, 5.41) is 11.7. The van der Waals surface area contributed by atoms with E-state index < -0.39 is 0 Å². The minimum absolute atomic E-state index is 0.0765. The van der Waals surface area contributed by atoms with E-state index in [4.69, 9.17) is 14.7 Å². The predicted octanol–water partition coefficient (Wildman–Crippen LogP) is 1.75. The topological polar surface area (TPSA) is 71.3 Å². The summed E-state index contributed by atoms with van der Waals surface area (Å²) >= 11 is 0. The first-order valence-corrected chi connectivity index (χ1v) is 6.24. The number of methoxy groups -OCH3 is 2. The number of nitrogens with zero attached hydrogens (tertiary/aromatic N) is 1. The van der Waals surface area contributed by atoms with Gasteiger partial charge in [-0.3, -0.25) is 4.79 Å². The highest BCUT2D eigenvalue weighted by Crippen LogP contribution is 2.13. The number of nitrogens with one attached hydrogen (secondary N) is 1. The lowest BCUT2D eigenvalue weighted by molar-refractivity contribution is -0.117. The Morgan fingerprint density at radius 1 is 1.35 bits per heavy atom. The van der Waals surface area contributed by atoms with Crippen molar-refractivity contribution in [3.8, 4) is 11.8 Å². The first kappa shape index (κ1) is 15.7. The maximum Gasteiger partial charge on any atom is 0.261 e. The molecule has 0 aliphatic heterocycles. The van der Waals surface area contributed by atoms with Crippen LogP contribution in [0.4, 0.5) is 0 Å². The van der Waals surface area contributed by atoms with E-state index in [0.29, 0.717) is 19.6 Å². The third kappa shape index (κ3) is 5.12. The lowest BCUT2D eigenvalue weighted by Crippen LogP contribution is -2.26. The molecule has 0 atom stereocenters. The zero-order valence-corrected chi connectivity index (χ0v) is 11.7. The fraction of sp³-hybridized carbons (Fsp3) is 0.333. The van der Waals surface area contributed by atoms with Crippen molar-refractivity contribution in [1.82, 2.24) is 5.32 Å². The molecule has 1 aromatic rings. The third-order valence-corrected chi connectivity index (χ3v) is 2.60. The molecule has 0 aliphatic rings. The SMILES string of the molecule is COCCCNC(=O)/C(C#N)=C/c1ccc(OC)cc1. The molecule has 1 N–H and O–H groups in total. The number of carbonyl (C=O) groups excluding carboxylic acids is 1. The van der Waals surface area contributed by atoms with Crippen LogP contribution in [0, 0.1) is 11.3 Å². The number of hydrogen-bond acceptors (Lipinski definition) is 4. The summed E-state index contributed by atoms with van der Waals surface area (Å²) in [5.74, 6) is 0.351. The number of nitriles is 1. The summed E-state index contributed by atoms with van der Waals surface area (Å²) in [6.45, 7) is 1.05. The van der Waals surface area contributed by atoms with Gasteiger partial charge >= 0.3 is 0 Å². The summed E-state index contributed by atoms with van der Waals surface area (Å²) in [5.41, 5.74) is 0.849. The van der Waals surface area contributed by atoms with Crippen LogP contribution in [-0.4, -0.2) is 33.3 Å². The number of hydrogen-bond donors (Lipinski definition) is 1. The maximum atomic E-state index is 11.8. The second-order valence-electron chi connectivity index (χ2n) is 4.05. The minimum atomic E-state index is -0.376. The number of rotatable bonds is 7. The van der Waals surface area contributed by atoms with Crippen LogP contribution in [0.1, 0.15) is 12.0 Å². The van der Waals surface area contributed by atoms with Crippen LogP contribution < -0.4 is 10.1 Å². The average molecular weight is 274 g/mol. The maximum absolute atomic E-state index is 11.8. The molecule has 1 aromatic carbocycles. The molecule has 5 nitrogen and oxygen atoms in total. The quantitative estimate of drug-likeness (QED) is 0.467. The van der Waals surface area contributed by atoms with Gasteiger partial charge in [0, 0.05) is 20.3 Å². The Balaban J connectivity index is 2.66. The Morgan fingerprint density at radius 3 is 2.60 bits per heavy atom. The molecule has 0 unspecified atom stereocenters. The van der Waals surface area contributed by atoms with Crippen molar-refractivity contribution in [3.63, 3.8) is 0 Å². The molecule has 106 valence electrons. The van der Waals surface area contributed by atoms with Gasteiger partial charge < -0.3 is 14.8 Å². The van der Waals surface area contributed by atoms with Crippen molar-refractivity contribution in [2.75, 3.05) is 27.4 Å². The molecule has 1 rings (SSSR count). The Morgan fingerprint density at radius 2 is 2.05 bits per heavy atom. The Hall–Kier alpha value is -2.32. The lowest BCUT2D eigenvalue weighted by Gasteiger charge is -2.04. The van der Waals surface area contributed by atoms with Crippen molar-refractivity contribution in [3.05, 3.63) is 35.4 Å². The molecule has 1 amide bonds. The van der Waals surface area contributed by atoms with Crippen LogP contribution in [0.25, 0.3) is 6.08 Å². The molecule has 0 saturated carbocycles. The molecule has 0 aromatic heterocycles. The van der Waals surface area contributed by atoms with E-state index in [9.17, 15) is 4.79 Å². The average Bonchev–Trinajstić information content (AvgIpc) is 2.49. The number of ether oxygens (including phenoxy) is 2. The van der Waals surface area contributed by atoms with E-state index in [2.05, 4.69) is 5.32 Å². The summed E-state index contributed by atoms with van der Waals surface area (Å²) in [7, 11) is 3.19. The van der Waals surface area contributed by atoms with Crippen LogP contribution in [-0.2, 0) is 9.53 Å². The first-order valence-electron chi connectivity index (χ1n) is 6.24. The zero-order chi connectivity index (χ0) is 14.8. The molecular weight excluding hydrogens is 256 g/mol. The smallest absolute Gasteiger partial charge is 0.261 e. The standard InChI is InChI=1S/C15H18N2O3/c1-19-9-3-8-17-15(18)13(11-16)10-12-4-6-14(20-2)7-5-12/h4-7,10H,3,8-9H2,1-2H3,(H,17,18)/b13-10+. The van der Waals surface area contributed by atoms with Gasteiger partial charge in [-0.1, -0.05) is 12.1 Å². The summed E-state index contributed by atoms with van der Waals surface area (Å²) < 4.78 is 9.93. The number of benzene rings is 1. The summed E-state index contributed by atoms with van der Waals surface area (Å²) in [4.78, 5) is 11.8. The first-order chi connectivity index (χ1) is 9.71. The van der Waals surface area contributed by atoms with Gasteiger partial charge in [-0.05, 0) is 30.2 Å². The second kappa shape index (κ2) is 8.73. The van der Waals surface area contributed by atoms with Crippen molar-refractivity contribution in [1.29, 1.82) is 5.26 Å². The van der Waals surface area contributed by atoms with Crippen LogP contribution in [0.5, 0.6) is 5.75 Å². The fourth-order valence-electron chi connectivity index (χ4n) is 1.53. The van der Waals surface area contributed by atoms with Gasteiger partial charge in [0.15, 0.2) is 0 Å². The number of amides is 1. The highest BCUT2D eigenvalue weighted by atomic mass is 16.5. The second-order valence-corrected chi connectivity index (χ2v) is 4.05. The van der Waals surface area contributed by atoms with Gasteiger partial charge in [0.2, 0.25) is 0 Å². The Labute approximate surface area is 118 Å². The normalized spacial score (nSPS) is 10.8. The molecule has 0 bridgehead atoms. The van der Waals surface area contributed by atoms with E-state index >= 15 is 0 Å². The van der Waals surface area contributed by atoms with Crippen LogP contribution in [0.3, 0.4) is 0 Å². The van der Waals surface area contributed by atoms with Gasteiger partial charge in [-0.2, -0.15) is 5.26 Å². The van der Waals surface area contributed by atoms with Crippen LogP contribution in [0.2, 0.25) is 0 Å². The molecule has 5 heteroatoms. The largest absolute Gasteiger partial charge is 0.497 e. The molecule has 0 aliphatic carbocycles. The fourth-order valence-corrected chi connectivity index (χ4v) is 1.53. The van der Waals surface area contributed by atoms with Crippen molar-refractivity contribution >= 4 is 12.0 Å². The van der Waals surface area contributed by atoms with E-state index in [0.717, 1.165) is 11.3 Å². The van der Waals surface area contributed by atoms with Crippen molar-refractivity contribution < 1.29 is 14.3 Å². The van der Waals surface area contributed by atoms with Crippen LogP contribution >= 0.6 is 0 Å². The van der Waals surface area contributed by atoms with Crippen molar-refractivity contribution in [2.24, 2.45) is 0 Å². The van der Waals surface area contributed by atoms with Gasteiger partial charge in [0.05, 0.1) is 7.11 Å². The van der Waals surface area contributed by atoms with Crippen LogP contribution in [0.15, 0.2) is 29.8 Å². The molecule has 0 radical (unpaired) electrons. The highest BCUT2D eigenvalue weighted by Gasteiger charge is 2.08. The zero-order valence-electron chi connectivity index (χ0n) is 11.7. The van der Waals surface area contributed by atoms with Gasteiger partial charge in [-0.25, -0.2) is 0 Å². The lowest BCUT2D eigenvalue weighted by atomic mass is 10.1. The van der Waals surface area contributed by atoms with Crippen molar-refractivity contribution in [2.45, 2.75) is 6.42 Å². The minimum Gasteiger partial charge on any atom is -0.497 e. The third-order valence-electron chi connectivity index (χ3n) is 2.60. The Kier molecular flexibility index (Phi) is 6.87. The number of carbonyl (C=O) groups is 1. The van der Waals surface area contributed by atoms with E-state index in [1.165, 1.54) is 0 Å². The van der Waals surface area contributed by atoms with E-state index in [-0.39, 0.29) is 11.5 Å². The van der Waals surface area contributed by atoms with E-state index in [1.807, 2.05) is 6.07 Å². The monoisotopic (exact) mass is 274 g/mol. The molecule has 20 heavy (non-hydrogen) atoms. The molecule has 0 saturated heterocycles. The highest BCUT2D eigenvalue weighted by molar-refractivity contribution is 6.01. The Bertz CT molecular complexity index is 501. The predicted molar refractivity (Wildman–Crippen MR) is 76.1 cm³/mol. The van der Waals surface area contributed by atoms with Gasteiger partial charge in [-0.15, -0.1) is 0 Å². The van der Waals surface area contributed by atoms with E-state index in [1.54, 1.807) is 44.6 Å². The van der Waals surface area contributed by atoms with Gasteiger partial charge in [0.1, 0.15) is 17.4 Å². The summed E-state index contributed by atoms with van der Waals surface area (Å²) in [6, 6.07) is 9.03. The molecular formula is C15H18N2O3. The summed E-state index contributed by atoms with van der Waals surface area (Å²) in [6.07, 6.45) is 2.26. The molecule has 0 fully saturated rings. The van der Waals surface area contributed by atoms with Gasteiger partial charge in [0.25, 0.3) is 5.91 Å². The molecule has 0 spiro atoms. The molecule has 0 heterocycles.